The van der Waals surface area contributed by atoms with Crippen LogP contribution in [0.5, 0.6) is 0 Å². The molecule has 0 aromatic heterocycles. The Bertz CT molecular complexity index is 973. The SMILES string of the molecule is Cc1cc(S(=O)(=O)N2CCN(c3ccccc3C)CC2)c(C(C)(C)C)cc1Br. The van der Waals surface area contributed by atoms with Crippen molar-refractivity contribution in [1.82, 2.24) is 4.31 Å². The number of aryl methyl sites for hydroxylation is 2. The zero-order chi connectivity index (χ0) is 20.7. The van der Waals surface area contributed by atoms with Crippen molar-refractivity contribution in [1.29, 1.82) is 0 Å². The van der Waals surface area contributed by atoms with Crippen molar-refractivity contribution in [3.8, 4) is 0 Å². The van der Waals surface area contributed by atoms with Crippen LogP contribution in [-0.2, 0) is 15.4 Å². The molecule has 0 amide bonds. The number of rotatable bonds is 3. The summed E-state index contributed by atoms with van der Waals surface area (Å²) in [5, 5.41) is 0. The summed E-state index contributed by atoms with van der Waals surface area (Å²) in [6.07, 6.45) is 0. The maximum Gasteiger partial charge on any atom is 0.243 e. The van der Waals surface area contributed by atoms with E-state index < -0.39 is 10.0 Å². The van der Waals surface area contributed by atoms with E-state index in [1.54, 1.807) is 4.31 Å². The van der Waals surface area contributed by atoms with Crippen LogP contribution in [0.1, 0.15) is 37.5 Å². The van der Waals surface area contributed by atoms with E-state index in [1.165, 1.54) is 11.3 Å². The Balaban J connectivity index is 1.89. The van der Waals surface area contributed by atoms with E-state index in [1.807, 2.05) is 31.2 Å². The standard InChI is InChI=1S/C22H29BrN2O2S/c1-16-8-6-7-9-20(16)24-10-12-25(13-11-24)28(26,27)21-14-17(2)19(23)15-18(21)22(3,4)5/h6-9,14-15H,10-13H2,1-5H3. The minimum atomic E-state index is -3.54. The van der Waals surface area contributed by atoms with E-state index in [2.05, 4.69) is 60.7 Å². The van der Waals surface area contributed by atoms with Gasteiger partial charge in [0.05, 0.1) is 4.90 Å². The summed E-state index contributed by atoms with van der Waals surface area (Å²) in [4.78, 5) is 2.71. The van der Waals surface area contributed by atoms with Crippen LogP contribution in [0.2, 0.25) is 0 Å². The zero-order valence-electron chi connectivity index (χ0n) is 17.3. The summed E-state index contributed by atoms with van der Waals surface area (Å²) in [7, 11) is -3.54. The molecule has 3 rings (SSSR count). The van der Waals surface area contributed by atoms with Crippen molar-refractivity contribution >= 4 is 31.6 Å². The molecule has 0 N–H and O–H groups in total. The normalized spacial score (nSPS) is 16.4. The molecule has 2 aromatic carbocycles. The lowest BCUT2D eigenvalue weighted by Gasteiger charge is -2.37. The molecule has 0 radical (unpaired) electrons. The lowest BCUT2D eigenvalue weighted by molar-refractivity contribution is 0.383. The first-order valence-electron chi connectivity index (χ1n) is 9.63. The van der Waals surface area contributed by atoms with Crippen LogP contribution in [0.3, 0.4) is 0 Å². The molecule has 6 heteroatoms. The Morgan fingerprint density at radius 3 is 2.11 bits per heavy atom. The number of nitrogens with zero attached hydrogens (tertiary/aromatic N) is 2. The summed E-state index contributed by atoms with van der Waals surface area (Å²) in [5.74, 6) is 0. The lowest BCUT2D eigenvalue weighted by Crippen LogP contribution is -2.49. The molecule has 0 bridgehead atoms. The van der Waals surface area contributed by atoms with E-state index >= 15 is 0 Å². The van der Waals surface area contributed by atoms with Gasteiger partial charge in [-0.05, 0) is 54.2 Å². The number of sulfonamides is 1. The molecule has 0 unspecified atom stereocenters. The number of piperazine rings is 1. The topological polar surface area (TPSA) is 40.6 Å². The monoisotopic (exact) mass is 464 g/mol. The van der Waals surface area contributed by atoms with Gasteiger partial charge in [0, 0.05) is 36.3 Å². The van der Waals surface area contributed by atoms with Gasteiger partial charge >= 0.3 is 0 Å². The van der Waals surface area contributed by atoms with Crippen LogP contribution in [-0.4, -0.2) is 38.9 Å². The second kappa shape index (κ2) is 7.81. The molecule has 2 aromatic rings. The molecule has 0 spiro atoms. The lowest BCUT2D eigenvalue weighted by atomic mass is 9.86. The molecular formula is C22H29BrN2O2S. The summed E-state index contributed by atoms with van der Waals surface area (Å²) in [5.41, 5.74) is 3.94. The highest BCUT2D eigenvalue weighted by atomic mass is 79.9. The van der Waals surface area contributed by atoms with Crippen molar-refractivity contribution in [2.75, 3.05) is 31.1 Å². The zero-order valence-corrected chi connectivity index (χ0v) is 19.7. The predicted octanol–water partition coefficient (Wildman–Crippen LogP) is 4.87. The van der Waals surface area contributed by atoms with Crippen molar-refractivity contribution < 1.29 is 8.42 Å². The predicted molar refractivity (Wildman–Crippen MR) is 120 cm³/mol. The molecule has 28 heavy (non-hydrogen) atoms. The van der Waals surface area contributed by atoms with E-state index in [-0.39, 0.29) is 5.41 Å². The van der Waals surface area contributed by atoms with Crippen LogP contribution in [0, 0.1) is 13.8 Å². The molecule has 0 aliphatic carbocycles. The van der Waals surface area contributed by atoms with Crippen LogP contribution < -0.4 is 4.90 Å². The molecule has 4 nitrogen and oxygen atoms in total. The number of para-hydroxylation sites is 1. The Labute approximate surface area is 177 Å². The van der Waals surface area contributed by atoms with E-state index in [9.17, 15) is 8.42 Å². The Kier molecular flexibility index (Phi) is 5.95. The van der Waals surface area contributed by atoms with Gasteiger partial charge in [0.2, 0.25) is 10.0 Å². The van der Waals surface area contributed by atoms with Gasteiger partial charge in [0.25, 0.3) is 0 Å². The number of hydrogen-bond acceptors (Lipinski definition) is 3. The highest BCUT2D eigenvalue weighted by Crippen LogP contribution is 2.35. The summed E-state index contributed by atoms with van der Waals surface area (Å²) < 4.78 is 29.6. The minimum absolute atomic E-state index is 0.262. The average molecular weight is 465 g/mol. The maximum atomic E-state index is 13.5. The van der Waals surface area contributed by atoms with Crippen molar-refractivity contribution in [2.45, 2.75) is 44.9 Å². The highest BCUT2D eigenvalue weighted by Gasteiger charge is 2.33. The molecule has 1 aliphatic rings. The molecule has 1 aliphatic heterocycles. The molecule has 1 heterocycles. The second-order valence-electron chi connectivity index (χ2n) is 8.53. The third-order valence-electron chi connectivity index (χ3n) is 5.38. The van der Waals surface area contributed by atoms with Gasteiger partial charge in [-0.25, -0.2) is 8.42 Å². The molecule has 152 valence electrons. The molecule has 0 atom stereocenters. The van der Waals surface area contributed by atoms with Gasteiger partial charge in [0.1, 0.15) is 0 Å². The van der Waals surface area contributed by atoms with Crippen LogP contribution in [0.15, 0.2) is 45.8 Å². The van der Waals surface area contributed by atoms with Gasteiger partial charge in [0.15, 0.2) is 0 Å². The average Bonchev–Trinajstić information content (AvgIpc) is 2.63. The molecular weight excluding hydrogens is 436 g/mol. The fourth-order valence-corrected chi connectivity index (χ4v) is 5.92. The van der Waals surface area contributed by atoms with Gasteiger partial charge in [-0.3, -0.25) is 0 Å². The smallest absolute Gasteiger partial charge is 0.243 e. The summed E-state index contributed by atoms with van der Waals surface area (Å²) >= 11 is 3.56. The minimum Gasteiger partial charge on any atom is -0.369 e. The maximum absolute atomic E-state index is 13.5. The molecule has 1 fully saturated rings. The third-order valence-corrected chi connectivity index (χ3v) is 8.17. The quantitative estimate of drug-likeness (QED) is 0.649. The number of benzene rings is 2. The third kappa shape index (κ3) is 4.14. The Hall–Kier alpha value is -1.37. The van der Waals surface area contributed by atoms with Gasteiger partial charge in [-0.2, -0.15) is 4.31 Å². The summed E-state index contributed by atoms with van der Waals surface area (Å²) in [6, 6.07) is 12.0. The number of halogens is 1. The van der Waals surface area contributed by atoms with Crippen molar-refractivity contribution in [3.05, 3.63) is 57.6 Å². The Morgan fingerprint density at radius 1 is 0.929 bits per heavy atom. The van der Waals surface area contributed by atoms with Crippen molar-refractivity contribution in [2.24, 2.45) is 0 Å². The van der Waals surface area contributed by atoms with Gasteiger partial charge in [-0.15, -0.1) is 0 Å². The van der Waals surface area contributed by atoms with Crippen molar-refractivity contribution in [3.63, 3.8) is 0 Å². The number of hydrogen-bond donors (Lipinski definition) is 0. The van der Waals surface area contributed by atoms with Gasteiger partial charge in [-0.1, -0.05) is 54.9 Å². The van der Waals surface area contributed by atoms with E-state index in [0.29, 0.717) is 31.1 Å². The summed E-state index contributed by atoms with van der Waals surface area (Å²) in [6.45, 7) is 12.6. The highest BCUT2D eigenvalue weighted by molar-refractivity contribution is 9.10. The Morgan fingerprint density at radius 2 is 1.54 bits per heavy atom. The fraction of sp³-hybridized carbons (Fsp3) is 0.455. The van der Waals surface area contributed by atoms with Crippen LogP contribution in [0.4, 0.5) is 5.69 Å². The first-order chi connectivity index (χ1) is 13.0. The first-order valence-corrected chi connectivity index (χ1v) is 11.9. The molecule has 0 saturated carbocycles. The fourth-order valence-electron chi connectivity index (χ4n) is 3.68. The number of anilines is 1. The molecule has 1 saturated heterocycles. The van der Waals surface area contributed by atoms with Crippen LogP contribution in [0.25, 0.3) is 0 Å². The van der Waals surface area contributed by atoms with Crippen LogP contribution >= 0.6 is 15.9 Å². The van der Waals surface area contributed by atoms with E-state index in [0.717, 1.165) is 15.6 Å². The second-order valence-corrected chi connectivity index (χ2v) is 11.3. The largest absolute Gasteiger partial charge is 0.369 e. The van der Waals surface area contributed by atoms with Gasteiger partial charge < -0.3 is 4.90 Å². The first kappa shape index (κ1) is 21.3. The van der Waals surface area contributed by atoms with E-state index in [4.69, 9.17) is 0 Å².